The van der Waals surface area contributed by atoms with Crippen LogP contribution in [-0.2, 0) is 0 Å². The predicted octanol–water partition coefficient (Wildman–Crippen LogP) is 1.45. The normalized spacial score (nSPS) is 18.6. The van der Waals surface area contributed by atoms with Crippen molar-refractivity contribution in [3.8, 4) is 0 Å². The van der Waals surface area contributed by atoms with Gasteiger partial charge in [-0.15, -0.1) is 0 Å². The third kappa shape index (κ3) is 2.85. The van der Waals surface area contributed by atoms with Gasteiger partial charge in [0.15, 0.2) is 0 Å². The Kier molecular flexibility index (Phi) is 3.93. The molecular weight excluding hydrogens is 302 g/mol. The number of nitrogens with one attached hydrogen (secondary N) is 2. The minimum atomic E-state index is -0.514. The Morgan fingerprint density at radius 1 is 1.56 bits per heavy atom. The molecule has 1 aliphatic heterocycles. The molecule has 6 nitrogen and oxygen atoms in total. The molecular formula is C11H12BrN3O3. The fourth-order valence-corrected chi connectivity index (χ4v) is 2.27. The van der Waals surface area contributed by atoms with Gasteiger partial charge in [-0.1, -0.05) is 0 Å². The molecule has 1 aromatic carbocycles. The Morgan fingerprint density at radius 3 is 2.94 bits per heavy atom. The average Bonchev–Trinajstić information content (AvgIpc) is 2.81. The quantitative estimate of drug-likeness (QED) is 0.653. The minimum Gasteiger partial charge on any atom is -0.348 e. The zero-order valence-corrected chi connectivity index (χ0v) is 11.1. The van der Waals surface area contributed by atoms with Crippen LogP contribution in [0.2, 0.25) is 0 Å². The largest absolute Gasteiger partial charge is 0.348 e. The van der Waals surface area contributed by atoms with Crippen LogP contribution in [0.4, 0.5) is 5.69 Å². The number of hydrogen-bond acceptors (Lipinski definition) is 4. The summed E-state index contributed by atoms with van der Waals surface area (Å²) in [6, 6.07) is 4.24. The highest BCUT2D eigenvalue weighted by molar-refractivity contribution is 9.10. The Morgan fingerprint density at radius 2 is 2.33 bits per heavy atom. The molecule has 0 saturated carbocycles. The summed E-state index contributed by atoms with van der Waals surface area (Å²) in [6.45, 7) is 1.61. The summed E-state index contributed by atoms with van der Waals surface area (Å²) in [7, 11) is 0. The summed E-state index contributed by atoms with van der Waals surface area (Å²) in [5.74, 6) is -0.292. The van der Waals surface area contributed by atoms with Crippen LogP contribution in [0.1, 0.15) is 16.8 Å². The van der Waals surface area contributed by atoms with E-state index in [1.54, 1.807) is 0 Å². The maximum absolute atomic E-state index is 12.0. The third-order valence-corrected chi connectivity index (χ3v) is 3.49. The number of rotatable bonds is 3. The van der Waals surface area contributed by atoms with Gasteiger partial charge in [-0.3, -0.25) is 14.9 Å². The van der Waals surface area contributed by atoms with Crippen LogP contribution in [0.5, 0.6) is 0 Å². The summed E-state index contributed by atoms with van der Waals surface area (Å²) >= 11 is 3.23. The lowest BCUT2D eigenvalue weighted by Gasteiger charge is -2.12. The van der Waals surface area contributed by atoms with Crippen molar-refractivity contribution in [2.75, 3.05) is 13.1 Å². The number of carbonyl (C=O) groups is 1. The predicted molar refractivity (Wildman–Crippen MR) is 69.5 cm³/mol. The first-order valence-electron chi connectivity index (χ1n) is 5.53. The van der Waals surface area contributed by atoms with Gasteiger partial charge in [-0.25, -0.2) is 0 Å². The first kappa shape index (κ1) is 13.0. The van der Waals surface area contributed by atoms with E-state index in [9.17, 15) is 14.9 Å². The standard InChI is InChI=1S/C11H12BrN3O3/c12-10-2-1-8(15(17)18)5-9(10)11(16)14-7-3-4-13-6-7/h1-2,5,7,13H,3-4,6H2,(H,14,16)/t7-/m1/s1. The molecule has 1 atom stereocenters. The fourth-order valence-electron chi connectivity index (χ4n) is 1.84. The van der Waals surface area contributed by atoms with Crippen LogP contribution in [0.3, 0.4) is 0 Å². The maximum Gasteiger partial charge on any atom is 0.270 e. The zero-order valence-electron chi connectivity index (χ0n) is 9.48. The molecule has 0 aromatic heterocycles. The van der Waals surface area contributed by atoms with Gasteiger partial charge in [-0.2, -0.15) is 0 Å². The number of benzene rings is 1. The summed E-state index contributed by atoms with van der Waals surface area (Å²) in [4.78, 5) is 22.2. The van der Waals surface area contributed by atoms with Crippen molar-refractivity contribution in [1.29, 1.82) is 0 Å². The Hall–Kier alpha value is -1.47. The molecule has 0 bridgehead atoms. The molecule has 1 saturated heterocycles. The first-order valence-corrected chi connectivity index (χ1v) is 6.33. The SMILES string of the molecule is O=C(N[C@@H]1CCNC1)c1cc([N+](=O)[O-])ccc1Br. The van der Waals surface area contributed by atoms with Crippen LogP contribution in [0.25, 0.3) is 0 Å². The molecule has 0 aliphatic carbocycles. The van der Waals surface area contributed by atoms with E-state index in [4.69, 9.17) is 0 Å². The number of hydrogen-bond donors (Lipinski definition) is 2. The van der Waals surface area contributed by atoms with Gasteiger partial charge in [0.1, 0.15) is 0 Å². The van der Waals surface area contributed by atoms with E-state index in [2.05, 4.69) is 26.6 Å². The van der Waals surface area contributed by atoms with Gasteiger partial charge in [0.05, 0.1) is 10.5 Å². The highest BCUT2D eigenvalue weighted by Crippen LogP contribution is 2.22. The topological polar surface area (TPSA) is 84.3 Å². The van der Waals surface area contributed by atoms with Gasteiger partial charge in [0.2, 0.25) is 0 Å². The number of nitrogens with zero attached hydrogens (tertiary/aromatic N) is 1. The molecule has 96 valence electrons. The van der Waals surface area contributed by atoms with Crippen LogP contribution in [-0.4, -0.2) is 30.0 Å². The van der Waals surface area contributed by atoms with E-state index < -0.39 is 4.92 Å². The van der Waals surface area contributed by atoms with Crippen LogP contribution < -0.4 is 10.6 Å². The second-order valence-electron chi connectivity index (χ2n) is 4.08. The van der Waals surface area contributed by atoms with Crippen LogP contribution in [0, 0.1) is 10.1 Å². The van der Waals surface area contributed by atoms with Crippen molar-refractivity contribution in [2.24, 2.45) is 0 Å². The summed E-state index contributed by atoms with van der Waals surface area (Å²) < 4.78 is 0.552. The van der Waals surface area contributed by atoms with Crippen molar-refractivity contribution >= 4 is 27.5 Å². The Balaban J connectivity index is 2.17. The Labute approximate surface area is 112 Å². The fraction of sp³-hybridized carbons (Fsp3) is 0.364. The molecule has 0 unspecified atom stereocenters. The van der Waals surface area contributed by atoms with Gasteiger partial charge < -0.3 is 10.6 Å². The monoisotopic (exact) mass is 313 g/mol. The molecule has 1 fully saturated rings. The highest BCUT2D eigenvalue weighted by Gasteiger charge is 2.20. The lowest BCUT2D eigenvalue weighted by molar-refractivity contribution is -0.384. The van der Waals surface area contributed by atoms with E-state index in [0.717, 1.165) is 19.5 Å². The lowest BCUT2D eigenvalue weighted by Crippen LogP contribution is -2.36. The molecule has 18 heavy (non-hydrogen) atoms. The van der Waals surface area contributed by atoms with Crippen molar-refractivity contribution in [2.45, 2.75) is 12.5 Å². The molecule has 0 spiro atoms. The molecule has 2 rings (SSSR count). The maximum atomic E-state index is 12.0. The molecule has 2 N–H and O–H groups in total. The van der Waals surface area contributed by atoms with Crippen LogP contribution in [0.15, 0.2) is 22.7 Å². The molecule has 1 amide bonds. The summed E-state index contributed by atoms with van der Waals surface area (Å²) in [5.41, 5.74) is 0.198. The molecule has 1 aliphatic rings. The van der Waals surface area contributed by atoms with Gasteiger partial charge >= 0.3 is 0 Å². The van der Waals surface area contributed by atoms with Crippen LogP contribution >= 0.6 is 15.9 Å². The lowest BCUT2D eigenvalue weighted by atomic mass is 10.1. The van der Waals surface area contributed by atoms with Crippen molar-refractivity contribution in [3.05, 3.63) is 38.3 Å². The van der Waals surface area contributed by atoms with E-state index in [-0.39, 0.29) is 23.2 Å². The van der Waals surface area contributed by atoms with E-state index in [1.807, 2.05) is 0 Å². The number of amides is 1. The number of carbonyl (C=O) groups excluding carboxylic acids is 1. The smallest absolute Gasteiger partial charge is 0.270 e. The highest BCUT2D eigenvalue weighted by atomic mass is 79.9. The number of halogens is 1. The molecule has 1 aromatic rings. The van der Waals surface area contributed by atoms with E-state index in [1.165, 1.54) is 18.2 Å². The van der Waals surface area contributed by atoms with Crippen molar-refractivity contribution in [1.82, 2.24) is 10.6 Å². The van der Waals surface area contributed by atoms with Gasteiger partial charge in [-0.05, 0) is 35.0 Å². The average molecular weight is 314 g/mol. The van der Waals surface area contributed by atoms with E-state index in [0.29, 0.717) is 4.47 Å². The second kappa shape index (κ2) is 5.45. The molecule has 1 heterocycles. The molecule has 7 heteroatoms. The number of non-ortho nitro benzene ring substituents is 1. The zero-order chi connectivity index (χ0) is 13.1. The summed E-state index contributed by atoms with van der Waals surface area (Å²) in [6.07, 6.45) is 0.873. The number of nitro benzene ring substituents is 1. The first-order chi connectivity index (χ1) is 8.58. The number of nitro groups is 1. The second-order valence-corrected chi connectivity index (χ2v) is 4.94. The third-order valence-electron chi connectivity index (χ3n) is 2.80. The van der Waals surface area contributed by atoms with E-state index >= 15 is 0 Å². The summed E-state index contributed by atoms with van der Waals surface area (Å²) in [5, 5.41) is 16.7. The van der Waals surface area contributed by atoms with Gasteiger partial charge in [0, 0.05) is 29.2 Å². The Bertz CT molecular complexity index is 486. The molecule has 0 radical (unpaired) electrons. The van der Waals surface area contributed by atoms with Crippen molar-refractivity contribution < 1.29 is 9.72 Å². The minimum absolute atomic E-state index is 0.0867. The van der Waals surface area contributed by atoms with Crippen molar-refractivity contribution in [3.63, 3.8) is 0 Å². The van der Waals surface area contributed by atoms with Gasteiger partial charge in [0.25, 0.3) is 11.6 Å².